The average Bonchev–Trinajstić information content (AvgIpc) is 2.48. The lowest BCUT2D eigenvalue weighted by atomic mass is 10.3. The number of fused-ring (bicyclic) bond motifs is 1. The molecule has 3 nitrogen and oxygen atoms in total. The van der Waals surface area contributed by atoms with E-state index in [-0.39, 0.29) is 6.35 Å². The Bertz CT molecular complexity index is 335. The number of methoxy groups -OCH3 is 1. The predicted octanol–water partition coefficient (Wildman–Crippen LogP) is 1.50. The third-order valence-electron chi connectivity index (χ3n) is 1.77. The maximum Gasteiger partial charge on any atom is 0.425 e. The summed E-state index contributed by atoms with van der Waals surface area (Å²) in [6.45, 7) is 0. The van der Waals surface area contributed by atoms with Crippen LogP contribution in [0.3, 0.4) is 0 Å². The Balaban J connectivity index is 2.60. The van der Waals surface area contributed by atoms with Gasteiger partial charge in [-0.25, -0.2) is 0 Å². The highest BCUT2D eigenvalue weighted by atomic mass is 31.1. The molecule has 0 bridgehead atoms. The molecule has 0 aliphatic carbocycles. The van der Waals surface area contributed by atoms with Crippen LogP contribution in [0.5, 0.6) is 11.5 Å². The van der Waals surface area contributed by atoms with Crippen LogP contribution in [0.15, 0.2) is 18.2 Å². The van der Waals surface area contributed by atoms with Crippen LogP contribution in [0.2, 0.25) is 0 Å². The van der Waals surface area contributed by atoms with E-state index in [2.05, 4.69) is 0 Å². The molecule has 0 N–H and O–H groups in total. The van der Waals surface area contributed by atoms with Crippen molar-refractivity contribution < 1.29 is 14.0 Å². The van der Waals surface area contributed by atoms with E-state index in [0.29, 0.717) is 11.5 Å². The van der Waals surface area contributed by atoms with Crippen LogP contribution in [0, 0.1) is 0 Å². The second-order valence-corrected chi connectivity index (χ2v) is 3.92. The van der Waals surface area contributed by atoms with Gasteiger partial charge in [0.15, 0.2) is 11.5 Å². The summed E-state index contributed by atoms with van der Waals surface area (Å²) in [4.78, 5) is 0. The topological polar surface area (TPSA) is 35.5 Å². The lowest BCUT2D eigenvalue weighted by Crippen LogP contribution is -1.99. The Morgan fingerprint density at radius 2 is 2.42 bits per heavy atom. The molecule has 0 radical (unpaired) electrons. The Kier molecular flexibility index (Phi) is 1.74. The predicted molar refractivity (Wildman–Crippen MR) is 45.7 cm³/mol. The van der Waals surface area contributed by atoms with E-state index in [1.807, 2.05) is 6.07 Å². The summed E-state index contributed by atoms with van der Waals surface area (Å²) in [6, 6.07) is 5.42. The molecule has 0 aromatic heterocycles. The maximum atomic E-state index is 11.4. The van der Waals surface area contributed by atoms with Crippen molar-refractivity contribution in [3.63, 3.8) is 0 Å². The van der Waals surface area contributed by atoms with Crippen molar-refractivity contribution >= 4 is 13.1 Å². The molecule has 1 unspecified atom stereocenters. The number of rotatable bonds is 1. The van der Waals surface area contributed by atoms with Crippen LogP contribution < -0.4 is 14.8 Å². The van der Waals surface area contributed by atoms with Gasteiger partial charge < -0.3 is 9.47 Å². The van der Waals surface area contributed by atoms with Crippen molar-refractivity contribution in [2.75, 3.05) is 13.5 Å². The summed E-state index contributed by atoms with van der Waals surface area (Å²) in [5.41, 5.74) is 0. The molecule has 2 rings (SSSR count). The number of ether oxygens (including phenoxy) is 2. The van der Waals surface area contributed by atoms with Gasteiger partial charge in [0.2, 0.25) is 0 Å². The van der Waals surface area contributed by atoms with E-state index in [0.717, 1.165) is 5.30 Å². The van der Waals surface area contributed by atoms with Crippen molar-refractivity contribution in [3.05, 3.63) is 18.2 Å². The largest absolute Gasteiger partial charge is 0.492 e. The minimum Gasteiger partial charge on any atom is -0.492 e. The van der Waals surface area contributed by atoms with Crippen molar-refractivity contribution in [2.24, 2.45) is 0 Å². The average molecular weight is 183 g/mol. The molecule has 1 heterocycles. The van der Waals surface area contributed by atoms with Crippen molar-refractivity contribution in [3.8, 4) is 11.5 Å². The quantitative estimate of drug-likeness (QED) is 0.619. The van der Waals surface area contributed by atoms with Gasteiger partial charge in [-0.15, -0.1) is 0 Å². The fraction of sp³-hybridized carbons (Fsp3) is 0.250. The summed E-state index contributed by atoms with van der Waals surface area (Å²) < 4.78 is 21.6. The van der Waals surface area contributed by atoms with E-state index in [1.165, 1.54) is 0 Å². The Morgan fingerprint density at radius 3 is 3.17 bits per heavy atom. The van der Waals surface area contributed by atoms with Gasteiger partial charge in [-0.1, -0.05) is 10.6 Å². The monoisotopic (exact) mass is 183 g/mol. The van der Waals surface area contributed by atoms with Gasteiger partial charge in [0, 0.05) is 0 Å². The normalized spacial score (nSPS) is 16.9. The first kappa shape index (κ1) is 7.56. The van der Waals surface area contributed by atoms with Gasteiger partial charge in [0.25, 0.3) is 11.7 Å². The van der Waals surface area contributed by atoms with Crippen LogP contribution in [0.4, 0.5) is 0 Å². The highest BCUT2D eigenvalue weighted by Gasteiger charge is 2.37. The molecular formula is C8H8O3P+. The molecule has 0 spiro atoms. The molecule has 1 aliphatic heterocycles. The molecule has 1 atom stereocenters. The van der Waals surface area contributed by atoms with E-state index in [1.54, 1.807) is 19.2 Å². The van der Waals surface area contributed by atoms with Gasteiger partial charge in [0.05, 0.1) is 7.11 Å². The Hall–Kier alpha value is -1.08. The molecule has 0 saturated heterocycles. The SMILES string of the molecule is COc1cccc2c1[P+](=O)CO2. The van der Waals surface area contributed by atoms with Crippen LogP contribution in [-0.4, -0.2) is 13.5 Å². The van der Waals surface area contributed by atoms with Crippen molar-refractivity contribution in [1.29, 1.82) is 0 Å². The zero-order chi connectivity index (χ0) is 8.55. The van der Waals surface area contributed by atoms with E-state index < -0.39 is 7.80 Å². The fourth-order valence-electron chi connectivity index (χ4n) is 1.22. The number of hydrogen-bond acceptors (Lipinski definition) is 3. The first-order valence-corrected chi connectivity index (χ1v) is 5.02. The third kappa shape index (κ3) is 0.978. The molecular weight excluding hydrogens is 175 g/mol. The highest BCUT2D eigenvalue weighted by Crippen LogP contribution is 2.37. The van der Waals surface area contributed by atoms with E-state index in [4.69, 9.17) is 9.47 Å². The van der Waals surface area contributed by atoms with Crippen LogP contribution in [0.1, 0.15) is 0 Å². The number of benzene rings is 1. The van der Waals surface area contributed by atoms with Gasteiger partial charge >= 0.3 is 7.80 Å². The maximum absolute atomic E-state index is 11.4. The third-order valence-corrected chi connectivity index (χ3v) is 3.07. The minimum absolute atomic E-state index is 0.283. The molecule has 0 fully saturated rings. The molecule has 12 heavy (non-hydrogen) atoms. The molecule has 0 saturated carbocycles. The summed E-state index contributed by atoms with van der Waals surface area (Å²) >= 11 is 0. The fourth-order valence-corrected chi connectivity index (χ4v) is 2.40. The smallest absolute Gasteiger partial charge is 0.425 e. The first-order chi connectivity index (χ1) is 5.83. The van der Waals surface area contributed by atoms with Crippen LogP contribution in [-0.2, 0) is 4.57 Å². The standard InChI is InChI=1S/C8H8O3P/c1-10-6-3-2-4-7-8(6)12(9)5-11-7/h2-4H,5H2,1H3/q+1. The zero-order valence-electron chi connectivity index (χ0n) is 6.61. The second kappa shape index (κ2) is 2.76. The Labute approximate surface area is 71.1 Å². The molecule has 62 valence electrons. The summed E-state index contributed by atoms with van der Waals surface area (Å²) in [6.07, 6.45) is 0.283. The van der Waals surface area contributed by atoms with Crippen LogP contribution >= 0.6 is 7.80 Å². The van der Waals surface area contributed by atoms with Crippen molar-refractivity contribution in [1.82, 2.24) is 0 Å². The summed E-state index contributed by atoms with van der Waals surface area (Å²) in [5, 5.41) is 0.718. The first-order valence-electron chi connectivity index (χ1n) is 3.57. The minimum atomic E-state index is -1.40. The molecule has 0 amide bonds. The van der Waals surface area contributed by atoms with Gasteiger partial charge in [0.1, 0.15) is 0 Å². The Morgan fingerprint density at radius 1 is 1.58 bits per heavy atom. The molecule has 1 aromatic carbocycles. The lowest BCUT2D eigenvalue weighted by Gasteiger charge is -1.97. The summed E-state index contributed by atoms with van der Waals surface area (Å²) in [7, 11) is 0.162. The van der Waals surface area contributed by atoms with E-state index >= 15 is 0 Å². The second-order valence-electron chi connectivity index (χ2n) is 2.46. The van der Waals surface area contributed by atoms with Gasteiger partial charge in [-0.2, -0.15) is 0 Å². The summed E-state index contributed by atoms with van der Waals surface area (Å²) in [5.74, 6) is 1.35. The zero-order valence-corrected chi connectivity index (χ0v) is 7.51. The van der Waals surface area contributed by atoms with Gasteiger partial charge in [-0.3, -0.25) is 0 Å². The van der Waals surface area contributed by atoms with Crippen molar-refractivity contribution in [2.45, 2.75) is 0 Å². The van der Waals surface area contributed by atoms with E-state index in [9.17, 15) is 4.57 Å². The molecule has 1 aliphatic rings. The molecule has 4 heteroatoms. The number of hydrogen-bond donors (Lipinski definition) is 0. The molecule has 1 aromatic rings. The highest BCUT2D eigenvalue weighted by molar-refractivity contribution is 7.54. The van der Waals surface area contributed by atoms with Crippen LogP contribution in [0.25, 0.3) is 0 Å². The van der Waals surface area contributed by atoms with Gasteiger partial charge in [-0.05, 0) is 12.1 Å². The lowest BCUT2D eigenvalue weighted by molar-refractivity contribution is 0.392.